The minimum atomic E-state index is 0. The van der Waals surface area contributed by atoms with Crippen molar-refractivity contribution in [2.24, 2.45) is 0 Å². The van der Waals surface area contributed by atoms with Crippen molar-refractivity contribution in [1.82, 2.24) is 0 Å². The fraction of sp³-hybridized carbons (Fsp3) is 0.167. The summed E-state index contributed by atoms with van der Waals surface area (Å²) in [7, 11) is 0. The van der Waals surface area contributed by atoms with E-state index in [9.17, 15) is 0 Å². The van der Waals surface area contributed by atoms with E-state index in [-0.39, 0.29) is 31.4 Å². The molecule has 3 aromatic carbocycles. The van der Waals surface area contributed by atoms with Crippen LogP contribution in [0.4, 0.5) is 0 Å². The Morgan fingerprint density at radius 2 is 1.68 bits per heavy atom. The summed E-state index contributed by atoms with van der Waals surface area (Å²) in [5, 5.41) is 11.1. The number of hydrogen-bond acceptors (Lipinski definition) is 1. The number of benzene rings is 1. The number of aliphatic hydroxyl groups excluding tert-OH is 1. The summed E-state index contributed by atoms with van der Waals surface area (Å²) in [5.74, 6) is 0. The first kappa shape index (κ1) is 23.7. The van der Waals surface area contributed by atoms with Crippen molar-refractivity contribution < 1.29 is 54.2 Å². The molecule has 0 aliphatic rings. The van der Waals surface area contributed by atoms with Crippen molar-refractivity contribution >= 4 is 14.5 Å². The maximum absolute atomic E-state index is 8.44. The average molecular weight is 414 g/mol. The fourth-order valence-electron chi connectivity index (χ4n) is 1.78. The van der Waals surface area contributed by atoms with Gasteiger partial charge in [0.2, 0.25) is 0 Å². The van der Waals surface area contributed by atoms with E-state index in [0.29, 0.717) is 0 Å². The van der Waals surface area contributed by atoms with Gasteiger partial charge >= 0.3 is 34.9 Å². The first-order valence-corrected chi connectivity index (χ1v) is 8.10. The molecule has 0 saturated heterocycles. The molecule has 3 aromatic rings. The largest absolute Gasteiger partial charge is 1.00 e. The van der Waals surface area contributed by atoms with Crippen molar-refractivity contribution in [2.45, 2.75) is 13.3 Å². The van der Waals surface area contributed by atoms with Crippen LogP contribution in [0.25, 0.3) is 10.8 Å². The summed E-state index contributed by atoms with van der Waals surface area (Å²) >= 11 is 1.51. The van der Waals surface area contributed by atoms with Gasteiger partial charge in [-0.15, -0.1) is 29.7 Å². The van der Waals surface area contributed by atoms with Crippen molar-refractivity contribution in [3.8, 4) is 0 Å². The minimum absolute atomic E-state index is 0. The first-order valence-electron chi connectivity index (χ1n) is 6.68. The molecule has 3 rings (SSSR count). The van der Waals surface area contributed by atoms with Crippen LogP contribution in [-0.2, 0) is 30.7 Å². The van der Waals surface area contributed by atoms with Gasteiger partial charge in [-0.3, -0.25) is 0 Å². The maximum Gasteiger partial charge on any atom is 0.0451 e. The van der Waals surface area contributed by atoms with E-state index in [0.717, 1.165) is 6.42 Å². The van der Waals surface area contributed by atoms with Gasteiger partial charge < -0.3 is 29.9 Å². The third-order valence-electron chi connectivity index (χ3n) is 2.68. The van der Waals surface area contributed by atoms with Crippen molar-refractivity contribution in [2.75, 3.05) is 6.61 Å². The molecule has 0 aliphatic heterocycles. The summed E-state index contributed by atoms with van der Waals surface area (Å²) in [6.07, 6.45) is 0.785. The average Bonchev–Trinajstić information content (AvgIpc) is 3.11. The molecule has 0 atom stereocenters. The molecule has 0 heterocycles. The van der Waals surface area contributed by atoms with Gasteiger partial charge in [0, 0.05) is 6.61 Å². The maximum atomic E-state index is 8.44. The third kappa shape index (κ3) is 9.48. The molecule has 0 unspecified atom stereocenters. The van der Waals surface area contributed by atoms with Crippen LogP contribution in [-0.4, -0.2) is 15.4 Å². The summed E-state index contributed by atoms with van der Waals surface area (Å²) in [6, 6.07) is 22.6. The van der Waals surface area contributed by atoms with Gasteiger partial charge in [0.25, 0.3) is 0 Å². The smallest absolute Gasteiger partial charge is 0.0451 e. The Kier molecular flexibility index (Phi) is 16.6. The molecule has 4 heteroatoms. The standard InChI is InChI=1S/C9H7.C7H9O.C2H4.2ClH.Zr/c1-2-5-9-7-3-6-8(9)4-1;8-6-5-7-3-1-2-4-7;1-2;;;/h1-7H;1-4,8H,5-6H2;1H,2H3;2*1H;/q2*-1;;;;+2/p-2. The molecule has 0 fully saturated rings. The molecule has 0 spiro atoms. The second kappa shape index (κ2) is 15.4. The number of fused-ring (bicyclic) bond motifs is 1. The Bertz CT molecular complexity index is 558. The third-order valence-corrected chi connectivity index (χ3v) is 2.68. The van der Waals surface area contributed by atoms with Crippen LogP contribution < -0.4 is 24.8 Å². The van der Waals surface area contributed by atoms with Crippen LogP contribution >= 0.6 is 0 Å². The molecular formula is C18H20Cl2OZr-2. The topological polar surface area (TPSA) is 20.2 Å². The van der Waals surface area contributed by atoms with Gasteiger partial charge in [-0.1, -0.05) is 6.07 Å². The Morgan fingerprint density at radius 3 is 2.23 bits per heavy atom. The van der Waals surface area contributed by atoms with Gasteiger partial charge in [0.1, 0.15) is 0 Å². The van der Waals surface area contributed by atoms with Crippen LogP contribution in [0.5, 0.6) is 0 Å². The minimum Gasteiger partial charge on any atom is -1.00 e. The van der Waals surface area contributed by atoms with E-state index in [4.69, 9.17) is 5.11 Å². The summed E-state index contributed by atoms with van der Waals surface area (Å²) in [5.41, 5.74) is 1.22. The number of aliphatic hydroxyl groups is 1. The zero-order chi connectivity index (χ0) is 14.6. The predicted octanol–water partition coefficient (Wildman–Crippen LogP) is -2.14. The Morgan fingerprint density at radius 1 is 1.00 bits per heavy atom. The van der Waals surface area contributed by atoms with Gasteiger partial charge in [0.15, 0.2) is 0 Å². The molecule has 1 N–H and O–H groups in total. The van der Waals surface area contributed by atoms with Crippen LogP contribution in [0.1, 0.15) is 12.5 Å². The van der Waals surface area contributed by atoms with E-state index in [1.54, 1.807) is 0 Å². The van der Waals surface area contributed by atoms with E-state index in [1.165, 1.54) is 40.6 Å². The van der Waals surface area contributed by atoms with E-state index >= 15 is 0 Å². The quantitative estimate of drug-likeness (QED) is 0.475. The zero-order valence-electron chi connectivity index (χ0n) is 12.5. The molecule has 0 amide bonds. The molecule has 22 heavy (non-hydrogen) atoms. The monoisotopic (exact) mass is 412 g/mol. The first-order chi connectivity index (χ1) is 9.81. The molecule has 0 saturated carbocycles. The zero-order valence-corrected chi connectivity index (χ0v) is 16.5. The van der Waals surface area contributed by atoms with Crippen LogP contribution in [0.3, 0.4) is 0 Å². The SMILES string of the molecule is C[CH]=[Zr+2].OCCc1ccc[cH-]1.[Cl-].[Cl-].c1ccc2[cH-]ccc2c1. The molecular weight excluding hydrogens is 394 g/mol. The molecule has 0 aromatic heterocycles. The Hall–Kier alpha value is -0.527. The Balaban J connectivity index is 0. The van der Waals surface area contributed by atoms with E-state index in [2.05, 4.69) is 46.2 Å². The molecule has 0 radical (unpaired) electrons. The van der Waals surface area contributed by atoms with Crippen molar-refractivity contribution in [3.63, 3.8) is 0 Å². The Labute approximate surface area is 160 Å². The second-order valence-corrected chi connectivity index (χ2v) is 5.63. The fourth-order valence-corrected chi connectivity index (χ4v) is 1.78. The molecule has 0 aliphatic carbocycles. The number of rotatable bonds is 2. The van der Waals surface area contributed by atoms with Crippen molar-refractivity contribution in [1.29, 1.82) is 0 Å². The van der Waals surface area contributed by atoms with Crippen LogP contribution in [0.15, 0.2) is 66.7 Å². The normalized spacial score (nSPS) is 8.36. The number of hydrogen-bond donors (Lipinski definition) is 1. The summed E-state index contributed by atoms with van der Waals surface area (Å²) < 4.78 is 2.09. The predicted molar refractivity (Wildman–Crippen MR) is 84.1 cm³/mol. The van der Waals surface area contributed by atoms with Crippen LogP contribution in [0.2, 0.25) is 0 Å². The van der Waals surface area contributed by atoms with Crippen LogP contribution in [0, 0.1) is 0 Å². The molecule has 1 nitrogen and oxygen atoms in total. The van der Waals surface area contributed by atoms with Crippen molar-refractivity contribution in [3.05, 3.63) is 72.3 Å². The van der Waals surface area contributed by atoms with Gasteiger partial charge in [-0.25, -0.2) is 12.1 Å². The molecule has 0 bridgehead atoms. The van der Waals surface area contributed by atoms with Gasteiger partial charge in [-0.05, 0) is 6.42 Å². The van der Waals surface area contributed by atoms with Gasteiger partial charge in [0.05, 0.1) is 0 Å². The van der Waals surface area contributed by atoms with E-state index < -0.39 is 0 Å². The summed E-state index contributed by atoms with van der Waals surface area (Å²) in [4.78, 5) is 0. The van der Waals surface area contributed by atoms with Gasteiger partial charge in [-0.2, -0.15) is 35.2 Å². The number of halogens is 2. The molecule has 118 valence electrons. The van der Waals surface area contributed by atoms with E-state index in [1.807, 2.05) is 31.2 Å². The second-order valence-electron chi connectivity index (χ2n) is 4.21. The summed E-state index contributed by atoms with van der Waals surface area (Å²) in [6.45, 7) is 2.29.